The molecule has 0 aliphatic carbocycles. The van der Waals surface area contributed by atoms with Crippen LogP contribution < -0.4 is 4.74 Å². The number of imide groups is 1. The number of carbonyl (C=O) groups is 2. The third kappa shape index (κ3) is 4.45. The number of para-hydroxylation sites is 1. The molecule has 2 heterocycles. The minimum absolute atomic E-state index is 0.183. The van der Waals surface area contributed by atoms with Gasteiger partial charge in [-0.05, 0) is 54.6 Å². The van der Waals surface area contributed by atoms with E-state index in [1.54, 1.807) is 12.1 Å². The number of furan rings is 1. The molecule has 4 rings (SSSR count). The largest absolute Gasteiger partial charge is 0.492 e. The first-order valence-electron chi connectivity index (χ1n) is 9.31. The molecule has 1 saturated heterocycles. The summed E-state index contributed by atoms with van der Waals surface area (Å²) in [5.74, 6) is 1.48. The van der Waals surface area contributed by atoms with Gasteiger partial charge in [0.15, 0.2) is 0 Å². The van der Waals surface area contributed by atoms with Crippen LogP contribution in [0.2, 0.25) is 5.02 Å². The van der Waals surface area contributed by atoms with Gasteiger partial charge in [0.1, 0.15) is 23.9 Å². The molecule has 0 N–H and O–H groups in total. The maximum absolute atomic E-state index is 12.6. The fourth-order valence-electron chi connectivity index (χ4n) is 2.93. The van der Waals surface area contributed by atoms with Crippen molar-refractivity contribution in [2.24, 2.45) is 0 Å². The van der Waals surface area contributed by atoms with Crippen LogP contribution in [0, 0.1) is 6.92 Å². The summed E-state index contributed by atoms with van der Waals surface area (Å²) in [6.45, 7) is 2.34. The number of hydrogen-bond acceptors (Lipinski definition) is 5. The molecule has 0 saturated carbocycles. The van der Waals surface area contributed by atoms with E-state index in [-0.39, 0.29) is 24.3 Å². The molecule has 2 amide bonds. The molecule has 3 aromatic rings. The zero-order chi connectivity index (χ0) is 21.1. The van der Waals surface area contributed by atoms with E-state index < -0.39 is 0 Å². The average molecular weight is 440 g/mol. The van der Waals surface area contributed by atoms with E-state index in [0.717, 1.165) is 22.9 Å². The standard InChI is InChI=1S/C23H18ClNO4S/c1-15-7-8-16(13-19(15)24)20-10-9-18(29-20)14-21-22(26)25(23(27)30-21)11-12-28-17-5-3-2-4-6-17/h2-10,13-14H,11-12H2,1H3/b21-14-. The SMILES string of the molecule is Cc1ccc(-c2ccc(/C=C3\SC(=O)N(CCOc4ccccc4)C3=O)o2)cc1Cl. The van der Waals surface area contributed by atoms with Crippen LogP contribution in [0.5, 0.6) is 5.75 Å². The second-order valence-corrected chi connectivity index (χ2v) is 8.06. The Kier molecular flexibility index (Phi) is 5.97. The van der Waals surface area contributed by atoms with Gasteiger partial charge in [0.05, 0.1) is 11.4 Å². The molecule has 0 spiro atoms. The number of halogens is 1. The highest BCUT2D eigenvalue weighted by Gasteiger charge is 2.35. The van der Waals surface area contributed by atoms with Crippen LogP contribution >= 0.6 is 23.4 Å². The number of nitrogens with zero attached hydrogens (tertiary/aromatic N) is 1. The van der Waals surface area contributed by atoms with E-state index >= 15 is 0 Å². The second kappa shape index (κ2) is 8.81. The topological polar surface area (TPSA) is 59.8 Å². The highest BCUT2D eigenvalue weighted by atomic mass is 35.5. The van der Waals surface area contributed by atoms with Crippen molar-refractivity contribution >= 4 is 40.6 Å². The first-order chi connectivity index (χ1) is 14.5. The molecule has 1 aliphatic heterocycles. The zero-order valence-electron chi connectivity index (χ0n) is 16.1. The third-order valence-electron chi connectivity index (χ3n) is 4.56. The van der Waals surface area contributed by atoms with Gasteiger partial charge in [-0.2, -0.15) is 0 Å². The Morgan fingerprint density at radius 1 is 1.10 bits per heavy atom. The van der Waals surface area contributed by atoms with Crippen LogP contribution in [0.4, 0.5) is 4.79 Å². The Labute approximate surface area is 183 Å². The van der Waals surface area contributed by atoms with Crippen molar-refractivity contribution in [3.8, 4) is 17.1 Å². The third-order valence-corrected chi connectivity index (χ3v) is 5.87. The lowest BCUT2D eigenvalue weighted by Crippen LogP contribution is -2.32. The lowest BCUT2D eigenvalue weighted by Gasteiger charge is -2.13. The Bertz CT molecular complexity index is 1120. The summed E-state index contributed by atoms with van der Waals surface area (Å²) in [6.07, 6.45) is 1.59. The van der Waals surface area contributed by atoms with Gasteiger partial charge in [-0.25, -0.2) is 0 Å². The first kappa shape index (κ1) is 20.3. The van der Waals surface area contributed by atoms with Gasteiger partial charge in [-0.3, -0.25) is 14.5 Å². The van der Waals surface area contributed by atoms with E-state index in [0.29, 0.717) is 27.2 Å². The summed E-state index contributed by atoms with van der Waals surface area (Å²) >= 11 is 7.08. The molecular weight excluding hydrogens is 422 g/mol. The summed E-state index contributed by atoms with van der Waals surface area (Å²) in [4.78, 5) is 26.4. The molecule has 1 fully saturated rings. The van der Waals surface area contributed by atoms with Crippen molar-refractivity contribution in [3.05, 3.63) is 81.9 Å². The van der Waals surface area contributed by atoms with Crippen molar-refractivity contribution in [1.29, 1.82) is 0 Å². The van der Waals surface area contributed by atoms with Crippen molar-refractivity contribution in [2.75, 3.05) is 13.2 Å². The fraction of sp³-hybridized carbons (Fsp3) is 0.130. The summed E-state index contributed by atoms with van der Waals surface area (Å²) in [7, 11) is 0. The lowest BCUT2D eigenvalue weighted by atomic mass is 10.1. The van der Waals surface area contributed by atoms with Crippen LogP contribution in [0.1, 0.15) is 11.3 Å². The molecule has 5 nitrogen and oxygen atoms in total. The van der Waals surface area contributed by atoms with Gasteiger partial charge in [-0.1, -0.05) is 41.9 Å². The normalized spacial score (nSPS) is 15.3. The Balaban J connectivity index is 1.43. The molecule has 0 atom stereocenters. The number of aryl methyl sites for hydroxylation is 1. The molecule has 152 valence electrons. The monoisotopic (exact) mass is 439 g/mol. The second-order valence-electron chi connectivity index (χ2n) is 6.66. The van der Waals surface area contributed by atoms with Gasteiger partial charge >= 0.3 is 0 Å². The highest BCUT2D eigenvalue weighted by Crippen LogP contribution is 2.33. The molecular formula is C23H18ClNO4S. The van der Waals surface area contributed by atoms with Gasteiger partial charge in [0, 0.05) is 16.7 Å². The predicted molar refractivity (Wildman–Crippen MR) is 119 cm³/mol. The minimum atomic E-state index is -0.349. The number of benzene rings is 2. The van der Waals surface area contributed by atoms with Crippen LogP contribution in [-0.2, 0) is 4.79 Å². The molecule has 1 aliphatic rings. The predicted octanol–water partition coefficient (Wildman–Crippen LogP) is 6.02. The number of ether oxygens (including phenoxy) is 1. The number of rotatable bonds is 6. The minimum Gasteiger partial charge on any atom is -0.492 e. The number of carbonyl (C=O) groups excluding carboxylic acids is 2. The van der Waals surface area contributed by atoms with Crippen LogP contribution in [0.25, 0.3) is 17.4 Å². The summed E-state index contributed by atoms with van der Waals surface area (Å²) in [6, 6.07) is 18.5. The van der Waals surface area contributed by atoms with Crippen LogP contribution in [0.3, 0.4) is 0 Å². The lowest BCUT2D eigenvalue weighted by molar-refractivity contribution is -0.123. The van der Waals surface area contributed by atoms with E-state index in [2.05, 4.69) is 0 Å². The van der Waals surface area contributed by atoms with Crippen molar-refractivity contribution < 1.29 is 18.7 Å². The van der Waals surface area contributed by atoms with Gasteiger partial charge in [0.25, 0.3) is 11.1 Å². The van der Waals surface area contributed by atoms with E-state index in [1.807, 2.05) is 61.5 Å². The summed E-state index contributed by atoms with van der Waals surface area (Å²) in [5, 5.41) is 0.337. The van der Waals surface area contributed by atoms with Crippen molar-refractivity contribution in [2.45, 2.75) is 6.92 Å². The zero-order valence-corrected chi connectivity index (χ0v) is 17.7. The van der Waals surface area contributed by atoms with Crippen LogP contribution in [-0.4, -0.2) is 29.2 Å². The number of hydrogen-bond donors (Lipinski definition) is 0. The molecule has 1 aromatic heterocycles. The van der Waals surface area contributed by atoms with E-state index in [9.17, 15) is 9.59 Å². The number of thioether (sulfide) groups is 1. The Morgan fingerprint density at radius 2 is 1.90 bits per heavy atom. The van der Waals surface area contributed by atoms with E-state index in [4.69, 9.17) is 20.8 Å². The maximum atomic E-state index is 12.6. The van der Waals surface area contributed by atoms with Crippen molar-refractivity contribution in [1.82, 2.24) is 4.90 Å². The van der Waals surface area contributed by atoms with Gasteiger partial charge in [0.2, 0.25) is 0 Å². The molecule has 0 radical (unpaired) electrons. The maximum Gasteiger partial charge on any atom is 0.293 e. The number of amides is 2. The molecule has 0 unspecified atom stereocenters. The average Bonchev–Trinajstić information content (AvgIpc) is 3.31. The first-order valence-corrected chi connectivity index (χ1v) is 10.5. The molecule has 2 aromatic carbocycles. The fourth-order valence-corrected chi connectivity index (χ4v) is 3.95. The van der Waals surface area contributed by atoms with Crippen LogP contribution in [0.15, 0.2) is 70.0 Å². The summed E-state index contributed by atoms with van der Waals surface area (Å²) < 4.78 is 11.4. The van der Waals surface area contributed by atoms with Crippen molar-refractivity contribution in [3.63, 3.8) is 0 Å². The Morgan fingerprint density at radius 3 is 2.67 bits per heavy atom. The molecule has 0 bridgehead atoms. The quantitative estimate of drug-likeness (QED) is 0.439. The van der Waals surface area contributed by atoms with E-state index in [1.165, 1.54) is 4.90 Å². The van der Waals surface area contributed by atoms with Gasteiger partial charge in [-0.15, -0.1) is 0 Å². The Hall–Kier alpha value is -2.96. The molecule has 30 heavy (non-hydrogen) atoms. The molecule has 7 heteroatoms. The van der Waals surface area contributed by atoms with Gasteiger partial charge < -0.3 is 9.15 Å². The summed E-state index contributed by atoms with van der Waals surface area (Å²) in [5.41, 5.74) is 1.83. The highest BCUT2D eigenvalue weighted by molar-refractivity contribution is 8.18. The smallest absolute Gasteiger partial charge is 0.293 e.